The molecule has 0 aliphatic carbocycles. The predicted molar refractivity (Wildman–Crippen MR) is 113 cm³/mol. The SMILES string of the molecule is Nc1nc(-c2cccc(NC(=O)[C@H](N)Cc3c[nH]cn3)c2)c2cc(Cl)ccc2n1. The van der Waals surface area contributed by atoms with Gasteiger partial charge in [-0.3, -0.25) is 4.79 Å². The molecule has 1 amide bonds. The van der Waals surface area contributed by atoms with Crippen molar-refractivity contribution in [3.63, 3.8) is 0 Å². The number of aromatic nitrogens is 4. The molecule has 0 saturated carbocycles. The number of hydrogen-bond acceptors (Lipinski definition) is 6. The average Bonchev–Trinajstić information content (AvgIpc) is 3.21. The molecule has 4 aromatic rings. The second-order valence-electron chi connectivity index (χ2n) is 6.53. The van der Waals surface area contributed by atoms with E-state index in [2.05, 4.69) is 25.3 Å². The number of rotatable bonds is 5. The second-order valence-corrected chi connectivity index (χ2v) is 6.97. The lowest BCUT2D eigenvalue weighted by molar-refractivity contribution is -0.117. The van der Waals surface area contributed by atoms with E-state index in [1.807, 2.05) is 12.1 Å². The number of halogens is 1. The number of fused-ring (bicyclic) bond motifs is 1. The summed E-state index contributed by atoms with van der Waals surface area (Å²) in [6.45, 7) is 0. The Labute approximate surface area is 171 Å². The molecule has 0 saturated heterocycles. The minimum atomic E-state index is -0.726. The summed E-state index contributed by atoms with van der Waals surface area (Å²) in [5.41, 5.74) is 15.3. The third kappa shape index (κ3) is 4.18. The molecular formula is C20H18ClN7O. The standard InChI is InChI=1S/C20H18ClN7O/c21-12-4-5-17-15(7-12)18(28-20(23)27-17)11-2-1-3-13(6-11)26-19(29)16(22)8-14-9-24-10-25-14/h1-7,9-10,16H,8,22H2,(H,24,25)(H,26,29)(H2,23,27,28)/t16-/m1/s1. The first kappa shape index (κ1) is 18.9. The molecule has 0 aliphatic rings. The van der Waals surface area contributed by atoms with Gasteiger partial charge in [0.1, 0.15) is 0 Å². The van der Waals surface area contributed by atoms with Crippen LogP contribution in [0.3, 0.4) is 0 Å². The lowest BCUT2D eigenvalue weighted by Crippen LogP contribution is -2.37. The number of H-pyrrole nitrogens is 1. The quantitative estimate of drug-likeness (QED) is 0.401. The molecule has 8 nitrogen and oxygen atoms in total. The van der Waals surface area contributed by atoms with Gasteiger partial charge in [0.2, 0.25) is 11.9 Å². The maximum Gasteiger partial charge on any atom is 0.241 e. The lowest BCUT2D eigenvalue weighted by Gasteiger charge is -2.13. The maximum atomic E-state index is 12.5. The van der Waals surface area contributed by atoms with Crippen LogP contribution in [0.1, 0.15) is 5.69 Å². The van der Waals surface area contributed by atoms with E-state index in [9.17, 15) is 4.79 Å². The minimum Gasteiger partial charge on any atom is -0.368 e. The van der Waals surface area contributed by atoms with E-state index in [4.69, 9.17) is 23.1 Å². The summed E-state index contributed by atoms with van der Waals surface area (Å²) in [4.78, 5) is 28.0. The summed E-state index contributed by atoms with van der Waals surface area (Å²) in [5.74, 6) is -0.148. The smallest absolute Gasteiger partial charge is 0.241 e. The summed E-state index contributed by atoms with van der Waals surface area (Å²) in [7, 11) is 0. The van der Waals surface area contributed by atoms with Crippen LogP contribution in [0.5, 0.6) is 0 Å². The van der Waals surface area contributed by atoms with Crippen LogP contribution < -0.4 is 16.8 Å². The third-order valence-electron chi connectivity index (χ3n) is 4.40. The van der Waals surface area contributed by atoms with E-state index in [1.54, 1.807) is 42.9 Å². The topological polar surface area (TPSA) is 136 Å². The molecule has 0 radical (unpaired) electrons. The molecule has 2 heterocycles. The summed E-state index contributed by atoms with van der Waals surface area (Å²) in [6.07, 6.45) is 3.59. The number of imidazole rings is 1. The summed E-state index contributed by atoms with van der Waals surface area (Å²) in [6, 6.07) is 11.9. The van der Waals surface area contributed by atoms with E-state index in [1.165, 1.54) is 0 Å². The average molecular weight is 408 g/mol. The highest BCUT2D eigenvalue weighted by Gasteiger charge is 2.16. The van der Waals surface area contributed by atoms with E-state index in [-0.39, 0.29) is 11.9 Å². The summed E-state index contributed by atoms with van der Waals surface area (Å²) >= 11 is 6.15. The molecule has 146 valence electrons. The van der Waals surface area contributed by atoms with Crippen LogP contribution in [0.4, 0.5) is 11.6 Å². The third-order valence-corrected chi connectivity index (χ3v) is 4.63. The molecule has 4 rings (SSSR count). The van der Waals surface area contributed by atoms with Crippen LogP contribution in [0, 0.1) is 0 Å². The Balaban J connectivity index is 1.62. The fourth-order valence-electron chi connectivity index (χ4n) is 3.04. The van der Waals surface area contributed by atoms with Crippen molar-refractivity contribution in [1.82, 2.24) is 19.9 Å². The molecule has 2 aromatic heterocycles. The van der Waals surface area contributed by atoms with Gasteiger partial charge in [-0.2, -0.15) is 0 Å². The fraction of sp³-hybridized carbons (Fsp3) is 0.100. The number of nitrogens with two attached hydrogens (primary N) is 2. The van der Waals surface area contributed by atoms with Crippen LogP contribution >= 0.6 is 11.6 Å². The van der Waals surface area contributed by atoms with Gasteiger partial charge in [-0.05, 0) is 30.3 Å². The fourth-order valence-corrected chi connectivity index (χ4v) is 3.21. The number of benzene rings is 2. The van der Waals surface area contributed by atoms with Crippen molar-refractivity contribution >= 4 is 40.0 Å². The van der Waals surface area contributed by atoms with Gasteiger partial charge in [-0.25, -0.2) is 15.0 Å². The molecule has 0 fully saturated rings. The Hall–Kier alpha value is -3.49. The van der Waals surface area contributed by atoms with Crippen molar-refractivity contribution in [2.75, 3.05) is 11.1 Å². The molecule has 0 unspecified atom stereocenters. The van der Waals surface area contributed by atoms with E-state index in [0.717, 1.165) is 16.6 Å². The van der Waals surface area contributed by atoms with Crippen molar-refractivity contribution in [2.45, 2.75) is 12.5 Å². The molecule has 0 spiro atoms. The van der Waals surface area contributed by atoms with Gasteiger partial charge in [0.15, 0.2) is 0 Å². The molecule has 1 atom stereocenters. The van der Waals surface area contributed by atoms with Crippen molar-refractivity contribution < 1.29 is 4.79 Å². The van der Waals surface area contributed by atoms with Crippen molar-refractivity contribution in [3.8, 4) is 11.3 Å². The summed E-state index contributed by atoms with van der Waals surface area (Å²) < 4.78 is 0. The minimum absolute atomic E-state index is 0.158. The van der Waals surface area contributed by atoms with E-state index < -0.39 is 6.04 Å². The first-order chi connectivity index (χ1) is 14.0. The zero-order valence-electron chi connectivity index (χ0n) is 15.3. The Bertz CT molecular complexity index is 1180. The first-order valence-corrected chi connectivity index (χ1v) is 9.25. The van der Waals surface area contributed by atoms with E-state index >= 15 is 0 Å². The number of hydrogen-bond donors (Lipinski definition) is 4. The first-order valence-electron chi connectivity index (χ1n) is 8.87. The second kappa shape index (κ2) is 7.86. The van der Waals surface area contributed by atoms with Crippen LogP contribution in [-0.4, -0.2) is 31.9 Å². The molecule has 2 aromatic carbocycles. The van der Waals surface area contributed by atoms with Gasteiger partial charge in [0.05, 0.1) is 29.3 Å². The zero-order valence-corrected chi connectivity index (χ0v) is 16.0. The van der Waals surface area contributed by atoms with Gasteiger partial charge in [-0.15, -0.1) is 0 Å². The summed E-state index contributed by atoms with van der Waals surface area (Å²) in [5, 5.41) is 4.17. The van der Waals surface area contributed by atoms with Gasteiger partial charge < -0.3 is 21.8 Å². The van der Waals surface area contributed by atoms with E-state index in [0.29, 0.717) is 28.3 Å². The normalized spacial score (nSPS) is 12.1. The van der Waals surface area contributed by atoms with Gasteiger partial charge in [0.25, 0.3) is 0 Å². The molecule has 9 heteroatoms. The maximum absolute atomic E-state index is 12.5. The molecular weight excluding hydrogens is 390 g/mol. The number of nitrogen functional groups attached to an aromatic ring is 1. The number of nitrogens with one attached hydrogen (secondary N) is 2. The van der Waals surface area contributed by atoms with Gasteiger partial charge >= 0.3 is 0 Å². The zero-order chi connectivity index (χ0) is 20.4. The van der Waals surface area contributed by atoms with Crippen molar-refractivity contribution in [1.29, 1.82) is 0 Å². The Kier molecular flexibility index (Phi) is 5.11. The number of carbonyl (C=O) groups is 1. The highest BCUT2D eigenvalue weighted by molar-refractivity contribution is 6.31. The van der Waals surface area contributed by atoms with Crippen molar-refractivity contribution in [2.24, 2.45) is 5.73 Å². The number of nitrogens with zero attached hydrogens (tertiary/aromatic N) is 3. The highest BCUT2D eigenvalue weighted by Crippen LogP contribution is 2.30. The Morgan fingerprint density at radius 1 is 1.21 bits per heavy atom. The number of anilines is 2. The Morgan fingerprint density at radius 2 is 2.07 bits per heavy atom. The largest absolute Gasteiger partial charge is 0.368 e. The van der Waals surface area contributed by atoms with Crippen LogP contribution in [0.15, 0.2) is 55.0 Å². The molecule has 6 N–H and O–H groups in total. The molecule has 29 heavy (non-hydrogen) atoms. The Morgan fingerprint density at radius 3 is 2.86 bits per heavy atom. The number of aromatic amines is 1. The molecule has 0 aliphatic heterocycles. The monoisotopic (exact) mass is 407 g/mol. The molecule has 0 bridgehead atoms. The van der Waals surface area contributed by atoms with Gasteiger partial charge in [0, 0.05) is 34.3 Å². The van der Waals surface area contributed by atoms with Gasteiger partial charge in [-0.1, -0.05) is 23.7 Å². The lowest BCUT2D eigenvalue weighted by atomic mass is 10.1. The number of carbonyl (C=O) groups excluding carboxylic acids is 1. The predicted octanol–water partition coefficient (Wildman–Crippen LogP) is 2.76. The van der Waals surface area contributed by atoms with Crippen LogP contribution in [0.2, 0.25) is 5.02 Å². The van der Waals surface area contributed by atoms with Crippen molar-refractivity contribution in [3.05, 3.63) is 65.7 Å². The van der Waals surface area contributed by atoms with Crippen LogP contribution in [0.25, 0.3) is 22.2 Å². The highest BCUT2D eigenvalue weighted by atomic mass is 35.5. The van der Waals surface area contributed by atoms with Crippen LogP contribution in [-0.2, 0) is 11.2 Å². The number of amides is 1.